The lowest BCUT2D eigenvalue weighted by atomic mass is 9.99. The molecule has 0 bridgehead atoms. The number of nitrogens with two attached hydrogens (primary N) is 1. The number of rotatable bonds is 2. The van der Waals surface area contributed by atoms with E-state index in [0.717, 1.165) is 18.2 Å². The molecule has 1 aliphatic heterocycles. The lowest BCUT2D eigenvalue weighted by Gasteiger charge is -2.08. The third-order valence-corrected chi connectivity index (χ3v) is 2.67. The summed E-state index contributed by atoms with van der Waals surface area (Å²) in [5.41, 5.74) is 4.25. The number of benzene rings is 1. The lowest BCUT2D eigenvalue weighted by molar-refractivity contribution is -0.137. The predicted octanol–water partition coefficient (Wildman–Crippen LogP) is 2.27. The minimum atomic E-state index is -4.53. The van der Waals surface area contributed by atoms with Crippen molar-refractivity contribution in [1.82, 2.24) is 0 Å². The van der Waals surface area contributed by atoms with Crippen LogP contribution in [0.5, 0.6) is 0 Å². The van der Waals surface area contributed by atoms with E-state index in [1.165, 1.54) is 6.07 Å². The predicted molar refractivity (Wildman–Crippen MR) is 58.4 cm³/mol. The number of hydrogen-bond acceptors (Lipinski definition) is 3. The second-order valence-electron chi connectivity index (χ2n) is 3.94. The van der Waals surface area contributed by atoms with Crippen LogP contribution in [-0.2, 0) is 15.7 Å². The van der Waals surface area contributed by atoms with Crippen LogP contribution in [0.2, 0.25) is 0 Å². The van der Waals surface area contributed by atoms with Crippen LogP contribution in [0.3, 0.4) is 0 Å². The van der Waals surface area contributed by atoms with Gasteiger partial charge in [0.1, 0.15) is 6.67 Å². The Balaban J connectivity index is 2.43. The summed E-state index contributed by atoms with van der Waals surface area (Å²) in [5, 5.41) is 0. The Morgan fingerprint density at radius 2 is 2.00 bits per heavy atom. The van der Waals surface area contributed by atoms with E-state index in [-0.39, 0.29) is 17.0 Å². The molecule has 1 aliphatic rings. The number of ketones is 1. The van der Waals surface area contributed by atoms with Crippen LogP contribution < -0.4 is 5.73 Å². The molecular weight excluding hydrogens is 266 g/mol. The molecule has 102 valence electrons. The quantitative estimate of drug-likeness (QED) is 0.842. The molecule has 1 heterocycles. The number of carbonyl (C=O) groups excluding carboxylic acids is 1. The Labute approximate surface area is 105 Å². The Kier molecular flexibility index (Phi) is 3.21. The number of ether oxygens (including phenoxy) is 1. The van der Waals surface area contributed by atoms with Crippen molar-refractivity contribution in [1.29, 1.82) is 0 Å². The highest BCUT2D eigenvalue weighted by atomic mass is 19.4. The number of halogens is 4. The van der Waals surface area contributed by atoms with Crippen LogP contribution in [-0.4, -0.2) is 18.6 Å². The SMILES string of the molecule is NC1=C(c2cccc(C(F)(F)F)c2)C(=O)C(CF)O1. The Hall–Kier alpha value is -2.05. The van der Waals surface area contributed by atoms with E-state index in [1.807, 2.05) is 0 Å². The van der Waals surface area contributed by atoms with Crippen molar-refractivity contribution in [3.8, 4) is 0 Å². The van der Waals surface area contributed by atoms with Gasteiger partial charge in [0.2, 0.25) is 5.78 Å². The lowest BCUT2D eigenvalue weighted by Crippen LogP contribution is -2.20. The van der Waals surface area contributed by atoms with E-state index in [9.17, 15) is 22.4 Å². The van der Waals surface area contributed by atoms with Crippen molar-refractivity contribution < 1.29 is 27.1 Å². The molecule has 0 amide bonds. The molecule has 0 saturated heterocycles. The Morgan fingerprint density at radius 1 is 1.32 bits per heavy atom. The molecule has 0 spiro atoms. The van der Waals surface area contributed by atoms with E-state index in [1.54, 1.807) is 0 Å². The average Bonchev–Trinajstić information content (AvgIpc) is 2.63. The molecule has 3 nitrogen and oxygen atoms in total. The highest BCUT2D eigenvalue weighted by molar-refractivity contribution is 6.25. The normalized spacial score (nSPS) is 19.8. The minimum absolute atomic E-state index is 0.0340. The first-order valence-corrected chi connectivity index (χ1v) is 5.29. The zero-order valence-electron chi connectivity index (χ0n) is 9.50. The molecule has 1 aromatic rings. The van der Waals surface area contributed by atoms with Crippen molar-refractivity contribution in [2.24, 2.45) is 5.73 Å². The first-order valence-electron chi connectivity index (χ1n) is 5.29. The van der Waals surface area contributed by atoms with Crippen LogP contribution in [0.25, 0.3) is 5.57 Å². The summed E-state index contributed by atoms with van der Waals surface area (Å²) >= 11 is 0. The maximum Gasteiger partial charge on any atom is 0.416 e. The monoisotopic (exact) mass is 275 g/mol. The molecule has 0 saturated carbocycles. The van der Waals surface area contributed by atoms with E-state index in [2.05, 4.69) is 0 Å². The fourth-order valence-electron chi connectivity index (χ4n) is 1.79. The zero-order chi connectivity index (χ0) is 14.2. The molecular formula is C12H9F4NO2. The average molecular weight is 275 g/mol. The molecule has 0 aliphatic carbocycles. The maximum atomic E-state index is 12.6. The zero-order valence-corrected chi connectivity index (χ0v) is 9.50. The molecule has 1 aromatic carbocycles. The largest absolute Gasteiger partial charge is 0.464 e. The van der Waals surface area contributed by atoms with Crippen LogP contribution >= 0.6 is 0 Å². The Bertz CT molecular complexity index is 551. The van der Waals surface area contributed by atoms with Gasteiger partial charge in [-0.2, -0.15) is 13.2 Å². The highest BCUT2D eigenvalue weighted by Crippen LogP contribution is 2.33. The number of Topliss-reactive ketones (excluding diaryl/α,β-unsaturated/α-hetero) is 1. The molecule has 19 heavy (non-hydrogen) atoms. The van der Waals surface area contributed by atoms with Crippen molar-refractivity contribution in [3.05, 3.63) is 41.3 Å². The standard InChI is InChI=1S/C12H9F4NO2/c13-5-8-10(18)9(11(17)19-8)6-2-1-3-7(4-6)12(14,15)16/h1-4,8H,5,17H2. The highest BCUT2D eigenvalue weighted by Gasteiger charge is 2.36. The fraction of sp³-hybridized carbons (Fsp3) is 0.250. The van der Waals surface area contributed by atoms with Gasteiger partial charge in [-0.25, -0.2) is 4.39 Å². The molecule has 2 rings (SSSR count). The van der Waals surface area contributed by atoms with Crippen molar-refractivity contribution >= 4 is 11.4 Å². The summed E-state index contributed by atoms with van der Waals surface area (Å²) in [6, 6.07) is 4.09. The van der Waals surface area contributed by atoms with E-state index in [0.29, 0.717) is 0 Å². The smallest absolute Gasteiger partial charge is 0.416 e. The van der Waals surface area contributed by atoms with Crippen LogP contribution in [0.1, 0.15) is 11.1 Å². The van der Waals surface area contributed by atoms with Gasteiger partial charge in [-0.1, -0.05) is 12.1 Å². The first-order chi connectivity index (χ1) is 8.84. The molecule has 7 heteroatoms. The third kappa shape index (κ3) is 2.40. The van der Waals surface area contributed by atoms with Gasteiger partial charge in [-0.3, -0.25) is 4.79 Å². The van der Waals surface area contributed by atoms with Crippen molar-refractivity contribution in [3.63, 3.8) is 0 Å². The van der Waals surface area contributed by atoms with Crippen molar-refractivity contribution in [2.45, 2.75) is 12.3 Å². The van der Waals surface area contributed by atoms with E-state index >= 15 is 0 Å². The second-order valence-corrected chi connectivity index (χ2v) is 3.94. The van der Waals surface area contributed by atoms with Crippen molar-refractivity contribution in [2.75, 3.05) is 6.67 Å². The van der Waals surface area contributed by atoms with E-state index in [4.69, 9.17) is 10.5 Å². The summed E-state index contributed by atoms with van der Waals surface area (Å²) in [4.78, 5) is 11.7. The van der Waals surface area contributed by atoms with Gasteiger partial charge in [-0.15, -0.1) is 0 Å². The van der Waals surface area contributed by atoms with Gasteiger partial charge >= 0.3 is 6.18 Å². The molecule has 2 N–H and O–H groups in total. The summed E-state index contributed by atoms with van der Waals surface area (Å²) < 4.78 is 54.9. The third-order valence-electron chi connectivity index (χ3n) is 2.67. The topological polar surface area (TPSA) is 52.3 Å². The molecule has 0 aromatic heterocycles. The number of carbonyl (C=O) groups is 1. The Morgan fingerprint density at radius 3 is 2.53 bits per heavy atom. The van der Waals surface area contributed by atoms with E-state index < -0.39 is 30.3 Å². The van der Waals surface area contributed by atoms with Gasteiger partial charge in [0.25, 0.3) is 0 Å². The summed E-state index contributed by atoms with van der Waals surface area (Å²) in [5.74, 6) is -1.11. The minimum Gasteiger partial charge on any atom is -0.464 e. The van der Waals surface area contributed by atoms with Gasteiger partial charge in [0, 0.05) is 0 Å². The van der Waals surface area contributed by atoms with Gasteiger partial charge in [0.15, 0.2) is 12.0 Å². The maximum absolute atomic E-state index is 12.6. The van der Waals surface area contributed by atoms with Gasteiger partial charge in [0.05, 0.1) is 11.1 Å². The molecule has 0 radical (unpaired) electrons. The number of alkyl halides is 4. The molecule has 0 fully saturated rings. The molecule has 1 unspecified atom stereocenters. The number of hydrogen-bond donors (Lipinski definition) is 1. The summed E-state index contributed by atoms with van der Waals surface area (Å²) in [7, 11) is 0. The van der Waals surface area contributed by atoms with Crippen LogP contribution in [0.15, 0.2) is 30.1 Å². The first kappa shape index (κ1) is 13.4. The van der Waals surface area contributed by atoms with Crippen LogP contribution in [0.4, 0.5) is 17.6 Å². The second kappa shape index (κ2) is 4.56. The summed E-state index contributed by atoms with van der Waals surface area (Å²) in [6.07, 6.45) is -5.91. The van der Waals surface area contributed by atoms with Gasteiger partial charge in [-0.05, 0) is 17.7 Å². The summed E-state index contributed by atoms with van der Waals surface area (Å²) in [6.45, 7) is -1.08. The van der Waals surface area contributed by atoms with Crippen LogP contribution in [0, 0.1) is 0 Å². The van der Waals surface area contributed by atoms with Gasteiger partial charge < -0.3 is 10.5 Å². The molecule has 1 atom stereocenters. The fourth-order valence-corrected chi connectivity index (χ4v) is 1.79.